The van der Waals surface area contributed by atoms with Crippen molar-refractivity contribution in [2.45, 2.75) is 19.3 Å². The predicted octanol–water partition coefficient (Wildman–Crippen LogP) is 5.51. The molecule has 0 spiro atoms. The van der Waals surface area contributed by atoms with Gasteiger partial charge in [0, 0.05) is 17.0 Å². The predicted molar refractivity (Wildman–Crippen MR) is 105 cm³/mol. The van der Waals surface area contributed by atoms with Crippen LogP contribution in [-0.2, 0) is 11.2 Å². The molecule has 1 amide bonds. The lowest BCUT2D eigenvalue weighted by Gasteiger charge is -2.10. The molecule has 0 saturated carbocycles. The summed E-state index contributed by atoms with van der Waals surface area (Å²) in [7, 11) is 1.61. The monoisotopic (exact) mass is 367 g/mol. The molecule has 0 saturated heterocycles. The zero-order valence-electron chi connectivity index (χ0n) is 14.6. The lowest BCUT2D eigenvalue weighted by atomic mass is 10.2. The molecule has 0 bridgehead atoms. The second kappa shape index (κ2) is 9.06. The van der Waals surface area contributed by atoms with E-state index in [0.717, 1.165) is 18.5 Å². The fraction of sp³-hybridized carbons (Fsp3) is 0.190. The highest BCUT2D eigenvalue weighted by Crippen LogP contribution is 2.31. The molecular formula is C21H21NO3S. The van der Waals surface area contributed by atoms with Crippen LogP contribution < -0.4 is 14.8 Å². The Morgan fingerprint density at radius 2 is 1.77 bits per heavy atom. The molecule has 1 aromatic heterocycles. The van der Waals surface area contributed by atoms with Crippen LogP contribution in [0.5, 0.6) is 17.2 Å². The summed E-state index contributed by atoms with van der Waals surface area (Å²) in [4.78, 5) is 13.4. The average molecular weight is 367 g/mol. The number of aryl methyl sites for hydroxylation is 1. The molecule has 5 heteroatoms. The molecule has 1 N–H and O–H groups in total. The Hall–Kier alpha value is -2.79. The normalized spacial score (nSPS) is 10.3. The van der Waals surface area contributed by atoms with Gasteiger partial charge in [0.2, 0.25) is 5.91 Å². The minimum Gasteiger partial charge on any atom is -0.493 e. The van der Waals surface area contributed by atoms with Crippen molar-refractivity contribution in [1.29, 1.82) is 0 Å². The van der Waals surface area contributed by atoms with E-state index in [1.807, 2.05) is 54.6 Å². The fourth-order valence-electron chi connectivity index (χ4n) is 2.54. The summed E-state index contributed by atoms with van der Waals surface area (Å²) in [5.74, 6) is 2.04. The van der Waals surface area contributed by atoms with E-state index in [9.17, 15) is 4.79 Å². The van der Waals surface area contributed by atoms with Crippen LogP contribution in [0.15, 0.2) is 66.0 Å². The van der Waals surface area contributed by atoms with Crippen LogP contribution in [0, 0.1) is 0 Å². The molecule has 2 aromatic carbocycles. The van der Waals surface area contributed by atoms with Crippen molar-refractivity contribution in [3.8, 4) is 17.2 Å². The van der Waals surface area contributed by atoms with E-state index in [-0.39, 0.29) is 5.91 Å². The number of hydrogen-bond acceptors (Lipinski definition) is 4. The fourth-order valence-corrected chi connectivity index (χ4v) is 3.29. The van der Waals surface area contributed by atoms with Gasteiger partial charge in [-0.2, -0.15) is 0 Å². The number of rotatable bonds is 8. The van der Waals surface area contributed by atoms with Crippen molar-refractivity contribution in [2.24, 2.45) is 0 Å². The molecule has 0 unspecified atom stereocenters. The van der Waals surface area contributed by atoms with Crippen LogP contribution in [0.4, 0.5) is 5.69 Å². The second-order valence-corrected chi connectivity index (χ2v) is 6.79. The topological polar surface area (TPSA) is 47.6 Å². The van der Waals surface area contributed by atoms with Crippen LogP contribution in [0.3, 0.4) is 0 Å². The quantitative estimate of drug-likeness (QED) is 0.571. The van der Waals surface area contributed by atoms with E-state index in [2.05, 4.69) is 16.8 Å². The number of ether oxygens (including phenoxy) is 2. The molecule has 0 aliphatic rings. The third-order valence-corrected chi connectivity index (χ3v) is 4.78. The van der Waals surface area contributed by atoms with Crippen molar-refractivity contribution in [3.63, 3.8) is 0 Å². The zero-order valence-corrected chi connectivity index (χ0v) is 15.4. The van der Waals surface area contributed by atoms with E-state index < -0.39 is 0 Å². The lowest BCUT2D eigenvalue weighted by molar-refractivity contribution is -0.116. The first-order chi connectivity index (χ1) is 12.7. The number of amides is 1. The van der Waals surface area contributed by atoms with Gasteiger partial charge in [0.1, 0.15) is 5.75 Å². The zero-order chi connectivity index (χ0) is 18.2. The number of methoxy groups -OCH3 is 1. The van der Waals surface area contributed by atoms with Gasteiger partial charge in [0.05, 0.1) is 7.11 Å². The summed E-state index contributed by atoms with van der Waals surface area (Å²) in [5.41, 5.74) is 0.763. The van der Waals surface area contributed by atoms with Crippen molar-refractivity contribution in [3.05, 3.63) is 70.9 Å². The molecule has 4 nitrogen and oxygen atoms in total. The minimum atomic E-state index is 0.0277. The van der Waals surface area contributed by atoms with Gasteiger partial charge in [0.25, 0.3) is 0 Å². The molecule has 3 aromatic rings. The summed E-state index contributed by atoms with van der Waals surface area (Å²) in [6, 6.07) is 18.9. The van der Waals surface area contributed by atoms with Crippen LogP contribution in [-0.4, -0.2) is 13.0 Å². The summed E-state index contributed by atoms with van der Waals surface area (Å²) < 4.78 is 11.1. The molecule has 134 valence electrons. The minimum absolute atomic E-state index is 0.0277. The first-order valence-electron chi connectivity index (χ1n) is 8.48. The van der Waals surface area contributed by atoms with Crippen LogP contribution in [0.2, 0.25) is 0 Å². The largest absolute Gasteiger partial charge is 0.493 e. The lowest BCUT2D eigenvalue weighted by Crippen LogP contribution is -2.11. The van der Waals surface area contributed by atoms with Gasteiger partial charge in [-0.3, -0.25) is 4.79 Å². The number of hydrogen-bond donors (Lipinski definition) is 1. The first-order valence-corrected chi connectivity index (χ1v) is 9.36. The maximum atomic E-state index is 12.0. The number of carbonyl (C=O) groups excluding carboxylic acids is 1. The van der Waals surface area contributed by atoms with Crippen molar-refractivity contribution < 1.29 is 14.3 Å². The molecule has 26 heavy (non-hydrogen) atoms. The summed E-state index contributed by atoms with van der Waals surface area (Å²) in [6.45, 7) is 0. The summed E-state index contributed by atoms with van der Waals surface area (Å²) >= 11 is 1.73. The number of carbonyl (C=O) groups is 1. The average Bonchev–Trinajstić information content (AvgIpc) is 3.17. The number of para-hydroxylation sites is 2. The maximum Gasteiger partial charge on any atom is 0.224 e. The van der Waals surface area contributed by atoms with Crippen molar-refractivity contribution >= 4 is 22.9 Å². The van der Waals surface area contributed by atoms with E-state index in [1.54, 1.807) is 18.4 Å². The van der Waals surface area contributed by atoms with Gasteiger partial charge in [-0.25, -0.2) is 0 Å². The number of anilines is 1. The highest BCUT2D eigenvalue weighted by molar-refractivity contribution is 7.09. The standard InChI is InChI=1S/C21H21NO3S/c1-24-19-8-2-3-9-20(19)25-17-13-11-16(12-14-17)22-21(23)10-4-6-18-7-5-15-26-18/h2-3,5,7-9,11-15H,4,6,10H2,1H3,(H,22,23). The van der Waals surface area contributed by atoms with Gasteiger partial charge >= 0.3 is 0 Å². The maximum absolute atomic E-state index is 12.0. The smallest absolute Gasteiger partial charge is 0.224 e. The Balaban J connectivity index is 1.50. The molecule has 1 heterocycles. The molecule has 0 radical (unpaired) electrons. The van der Waals surface area contributed by atoms with Crippen molar-refractivity contribution in [2.75, 3.05) is 12.4 Å². The van der Waals surface area contributed by atoms with Crippen LogP contribution >= 0.6 is 11.3 Å². The molecule has 0 fully saturated rings. The molecule has 0 aliphatic carbocycles. The highest BCUT2D eigenvalue weighted by Gasteiger charge is 2.06. The number of nitrogens with one attached hydrogen (secondary N) is 1. The van der Waals surface area contributed by atoms with E-state index in [4.69, 9.17) is 9.47 Å². The van der Waals surface area contributed by atoms with Crippen molar-refractivity contribution in [1.82, 2.24) is 0 Å². The number of benzene rings is 2. The summed E-state index contributed by atoms with van der Waals surface area (Å²) in [5, 5.41) is 4.98. The second-order valence-electron chi connectivity index (χ2n) is 5.76. The van der Waals surface area contributed by atoms with E-state index in [0.29, 0.717) is 23.7 Å². The Morgan fingerprint density at radius 3 is 2.46 bits per heavy atom. The Kier molecular flexibility index (Phi) is 6.28. The third kappa shape index (κ3) is 5.10. The Morgan fingerprint density at radius 1 is 1.00 bits per heavy atom. The molecule has 3 rings (SSSR count). The van der Waals surface area contributed by atoms with Gasteiger partial charge in [-0.15, -0.1) is 11.3 Å². The summed E-state index contributed by atoms with van der Waals surface area (Å²) in [6.07, 6.45) is 2.30. The number of thiophene rings is 1. The Labute approximate surface area is 157 Å². The SMILES string of the molecule is COc1ccccc1Oc1ccc(NC(=O)CCCc2cccs2)cc1. The first kappa shape index (κ1) is 18.0. The van der Waals surface area contributed by atoms with Gasteiger partial charge in [-0.05, 0) is 60.7 Å². The van der Waals surface area contributed by atoms with Crippen LogP contribution in [0.1, 0.15) is 17.7 Å². The van der Waals surface area contributed by atoms with Gasteiger partial charge in [0.15, 0.2) is 11.5 Å². The van der Waals surface area contributed by atoms with E-state index in [1.165, 1.54) is 4.88 Å². The van der Waals surface area contributed by atoms with Gasteiger partial charge in [-0.1, -0.05) is 18.2 Å². The third-order valence-electron chi connectivity index (χ3n) is 3.84. The van der Waals surface area contributed by atoms with Crippen LogP contribution in [0.25, 0.3) is 0 Å². The molecule has 0 atom stereocenters. The molecular weight excluding hydrogens is 346 g/mol. The highest BCUT2D eigenvalue weighted by atomic mass is 32.1. The van der Waals surface area contributed by atoms with Gasteiger partial charge < -0.3 is 14.8 Å². The van der Waals surface area contributed by atoms with E-state index >= 15 is 0 Å². The Bertz CT molecular complexity index is 829. The molecule has 0 aliphatic heterocycles.